The number of H-pyrrole nitrogens is 1. The fourth-order valence-electron chi connectivity index (χ4n) is 2.62. The summed E-state index contributed by atoms with van der Waals surface area (Å²) in [5.41, 5.74) is 3.76. The van der Waals surface area contributed by atoms with Crippen molar-refractivity contribution in [2.24, 2.45) is 0 Å². The van der Waals surface area contributed by atoms with Crippen molar-refractivity contribution in [1.29, 1.82) is 0 Å². The highest BCUT2D eigenvalue weighted by Crippen LogP contribution is 2.18. The first-order valence-corrected chi connectivity index (χ1v) is 7.80. The van der Waals surface area contributed by atoms with E-state index in [1.165, 1.54) is 6.92 Å². The third-order valence-corrected chi connectivity index (χ3v) is 3.79. The lowest BCUT2D eigenvalue weighted by Gasteiger charge is -2.07. The number of aromatic nitrogens is 1. The molecule has 24 heavy (non-hydrogen) atoms. The summed E-state index contributed by atoms with van der Waals surface area (Å²) in [5.74, 6) is -0.125. The molecule has 5 heteroatoms. The number of carbonyl (C=O) groups is 2. The molecule has 0 saturated heterocycles. The van der Waals surface area contributed by atoms with Crippen LogP contribution in [0.3, 0.4) is 0 Å². The fraction of sp³-hybridized carbons (Fsp3) is 0.158. The molecule has 0 saturated carbocycles. The SMILES string of the molecule is CC(=O)Nc1ccc(CNC(=O)Cc2c[nH]c3ccccc23)cc1. The molecule has 1 heterocycles. The Morgan fingerprint density at radius 2 is 1.79 bits per heavy atom. The monoisotopic (exact) mass is 321 g/mol. The molecule has 0 aliphatic rings. The minimum absolute atomic E-state index is 0.0225. The molecule has 3 aromatic rings. The maximum atomic E-state index is 12.2. The number of para-hydroxylation sites is 1. The quantitative estimate of drug-likeness (QED) is 0.676. The Morgan fingerprint density at radius 1 is 1.04 bits per heavy atom. The first-order chi connectivity index (χ1) is 11.6. The van der Waals surface area contributed by atoms with Crippen LogP contribution in [0.2, 0.25) is 0 Å². The molecular weight excluding hydrogens is 302 g/mol. The molecule has 0 fully saturated rings. The summed E-state index contributed by atoms with van der Waals surface area (Å²) < 4.78 is 0. The first kappa shape index (κ1) is 15.8. The molecule has 3 rings (SSSR count). The van der Waals surface area contributed by atoms with Gasteiger partial charge in [-0.3, -0.25) is 9.59 Å². The maximum Gasteiger partial charge on any atom is 0.224 e. The summed E-state index contributed by atoms with van der Waals surface area (Å²) in [6.07, 6.45) is 2.22. The van der Waals surface area contributed by atoms with Crippen LogP contribution in [0.5, 0.6) is 0 Å². The Morgan fingerprint density at radius 3 is 2.54 bits per heavy atom. The van der Waals surface area contributed by atoms with E-state index in [0.717, 1.165) is 27.7 Å². The van der Waals surface area contributed by atoms with Crippen molar-refractivity contribution in [3.8, 4) is 0 Å². The van der Waals surface area contributed by atoms with Gasteiger partial charge in [-0.25, -0.2) is 0 Å². The fourth-order valence-corrected chi connectivity index (χ4v) is 2.62. The zero-order chi connectivity index (χ0) is 16.9. The number of anilines is 1. The van der Waals surface area contributed by atoms with Crippen LogP contribution in [0.25, 0.3) is 10.9 Å². The van der Waals surface area contributed by atoms with Gasteiger partial charge in [-0.05, 0) is 29.3 Å². The number of hydrogen-bond acceptors (Lipinski definition) is 2. The van der Waals surface area contributed by atoms with Gasteiger partial charge in [-0.1, -0.05) is 30.3 Å². The largest absolute Gasteiger partial charge is 0.361 e. The molecule has 122 valence electrons. The van der Waals surface area contributed by atoms with Crippen molar-refractivity contribution < 1.29 is 9.59 Å². The van der Waals surface area contributed by atoms with Gasteiger partial charge in [-0.2, -0.15) is 0 Å². The van der Waals surface area contributed by atoms with Gasteiger partial charge in [0.2, 0.25) is 11.8 Å². The van der Waals surface area contributed by atoms with E-state index in [9.17, 15) is 9.59 Å². The predicted molar refractivity (Wildman–Crippen MR) is 94.6 cm³/mol. The third-order valence-electron chi connectivity index (χ3n) is 3.79. The van der Waals surface area contributed by atoms with Crippen molar-refractivity contribution in [3.05, 3.63) is 65.9 Å². The van der Waals surface area contributed by atoms with Gasteiger partial charge in [-0.15, -0.1) is 0 Å². The first-order valence-electron chi connectivity index (χ1n) is 7.80. The Balaban J connectivity index is 1.56. The van der Waals surface area contributed by atoms with Crippen molar-refractivity contribution in [2.75, 3.05) is 5.32 Å². The zero-order valence-electron chi connectivity index (χ0n) is 13.4. The number of amides is 2. The molecule has 2 aromatic carbocycles. The van der Waals surface area contributed by atoms with Crippen molar-refractivity contribution in [3.63, 3.8) is 0 Å². The van der Waals surface area contributed by atoms with Crippen LogP contribution in [-0.2, 0) is 22.6 Å². The van der Waals surface area contributed by atoms with Crippen LogP contribution < -0.4 is 10.6 Å². The predicted octanol–water partition coefficient (Wildman–Crippen LogP) is 2.99. The lowest BCUT2D eigenvalue weighted by atomic mass is 10.1. The standard InChI is InChI=1S/C19H19N3O2/c1-13(23)22-16-8-6-14(7-9-16)11-21-19(24)10-15-12-20-18-5-3-2-4-17(15)18/h2-9,12,20H,10-11H2,1H3,(H,21,24)(H,22,23). The molecule has 2 amide bonds. The minimum Gasteiger partial charge on any atom is -0.361 e. The molecule has 0 aliphatic heterocycles. The molecule has 3 N–H and O–H groups in total. The molecular formula is C19H19N3O2. The highest BCUT2D eigenvalue weighted by molar-refractivity contribution is 5.89. The maximum absolute atomic E-state index is 12.2. The molecule has 0 unspecified atom stereocenters. The number of benzene rings is 2. The average molecular weight is 321 g/mol. The van der Waals surface area contributed by atoms with Crippen LogP contribution in [0.4, 0.5) is 5.69 Å². The number of rotatable bonds is 5. The van der Waals surface area contributed by atoms with Gasteiger partial charge < -0.3 is 15.6 Å². The number of fused-ring (bicyclic) bond motifs is 1. The van der Waals surface area contributed by atoms with Gasteiger partial charge in [0.05, 0.1) is 6.42 Å². The van der Waals surface area contributed by atoms with Crippen LogP contribution in [0, 0.1) is 0 Å². The van der Waals surface area contributed by atoms with Gasteiger partial charge in [0.25, 0.3) is 0 Å². The molecule has 0 bridgehead atoms. The van der Waals surface area contributed by atoms with Gasteiger partial charge in [0, 0.05) is 36.3 Å². The lowest BCUT2D eigenvalue weighted by molar-refractivity contribution is -0.120. The van der Waals surface area contributed by atoms with Crippen LogP contribution in [-0.4, -0.2) is 16.8 Å². The highest BCUT2D eigenvalue weighted by Gasteiger charge is 2.08. The minimum atomic E-state index is -0.102. The van der Waals surface area contributed by atoms with E-state index < -0.39 is 0 Å². The summed E-state index contributed by atoms with van der Waals surface area (Å²) in [7, 11) is 0. The Kier molecular flexibility index (Phi) is 4.61. The number of aromatic amines is 1. The number of hydrogen-bond donors (Lipinski definition) is 3. The van der Waals surface area contributed by atoms with Gasteiger partial charge >= 0.3 is 0 Å². The zero-order valence-corrected chi connectivity index (χ0v) is 13.4. The van der Waals surface area contributed by atoms with E-state index >= 15 is 0 Å². The molecule has 1 aromatic heterocycles. The molecule has 0 atom stereocenters. The summed E-state index contributed by atoms with van der Waals surface area (Å²) in [4.78, 5) is 26.3. The van der Waals surface area contributed by atoms with Crippen LogP contribution in [0.1, 0.15) is 18.1 Å². The van der Waals surface area contributed by atoms with Crippen molar-refractivity contribution >= 4 is 28.4 Å². The van der Waals surface area contributed by atoms with E-state index in [4.69, 9.17) is 0 Å². The lowest BCUT2D eigenvalue weighted by Crippen LogP contribution is -2.24. The second-order valence-electron chi connectivity index (χ2n) is 5.69. The summed E-state index contributed by atoms with van der Waals surface area (Å²) in [5, 5.41) is 6.71. The topological polar surface area (TPSA) is 74.0 Å². The second-order valence-corrected chi connectivity index (χ2v) is 5.69. The molecule has 0 radical (unpaired) electrons. The molecule has 0 aliphatic carbocycles. The van der Waals surface area contributed by atoms with E-state index in [1.807, 2.05) is 54.7 Å². The summed E-state index contributed by atoms with van der Waals surface area (Å²) >= 11 is 0. The average Bonchev–Trinajstić information content (AvgIpc) is 2.97. The smallest absolute Gasteiger partial charge is 0.224 e. The summed E-state index contributed by atoms with van der Waals surface area (Å²) in [6, 6.07) is 15.4. The Bertz CT molecular complexity index is 866. The number of nitrogens with one attached hydrogen (secondary N) is 3. The third kappa shape index (κ3) is 3.81. The molecule has 5 nitrogen and oxygen atoms in total. The Hall–Kier alpha value is -3.08. The van der Waals surface area contributed by atoms with Crippen LogP contribution >= 0.6 is 0 Å². The van der Waals surface area contributed by atoms with Crippen LogP contribution in [0.15, 0.2) is 54.7 Å². The van der Waals surface area contributed by atoms with E-state index in [2.05, 4.69) is 15.6 Å². The van der Waals surface area contributed by atoms with E-state index in [1.54, 1.807) is 0 Å². The van der Waals surface area contributed by atoms with Crippen molar-refractivity contribution in [1.82, 2.24) is 10.3 Å². The van der Waals surface area contributed by atoms with E-state index in [-0.39, 0.29) is 11.8 Å². The number of carbonyl (C=O) groups excluding carboxylic acids is 2. The Labute approximate surface area is 140 Å². The highest BCUT2D eigenvalue weighted by atomic mass is 16.2. The van der Waals surface area contributed by atoms with E-state index in [0.29, 0.717) is 13.0 Å². The molecule has 0 spiro atoms. The van der Waals surface area contributed by atoms with Gasteiger partial charge in [0.1, 0.15) is 0 Å². The van der Waals surface area contributed by atoms with Gasteiger partial charge in [0.15, 0.2) is 0 Å². The normalized spacial score (nSPS) is 10.5. The summed E-state index contributed by atoms with van der Waals surface area (Å²) in [6.45, 7) is 1.93. The second kappa shape index (κ2) is 7.00. The van der Waals surface area contributed by atoms with Crippen molar-refractivity contribution in [2.45, 2.75) is 19.9 Å².